The molecular formula is C40H28N8O3. The lowest BCUT2D eigenvalue weighted by Crippen LogP contribution is -2.09. The molecule has 0 aliphatic rings. The van der Waals surface area contributed by atoms with Gasteiger partial charge in [0.2, 0.25) is 0 Å². The molecule has 6 heterocycles. The minimum atomic E-state index is -0.197. The maximum absolute atomic E-state index is 13.0. The first-order chi connectivity index (χ1) is 24.9. The maximum Gasteiger partial charge on any atom is 0.258 e. The zero-order valence-electron chi connectivity index (χ0n) is 27.4. The van der Waals surface area contributed by atoms with Crippen LogP contribution in [0.3, 0.4) is 0 Å². The van der Waals surface area contributed by atoms with Gasteiger partial charge in [-0.15, -0.1) is 0 Å². The number of fused-ring (bicyclic) bond motifs is 10. The Kier molecular flexibility index (Phi) is 6.75. The number of phenols is 2. The van der Waals surface area contributed by atoms with Crippen LogP contribution in [0.5, 0.6) is 11.5 Å². The lowest BCUT2D eigenvalue weighted by Gasteiger charge is -2.10. The fraction of sp³-hybridized carbons (Fsp3) is 0.0500. The minimum Gasteiger partial charge on any atom is -0.508 e. The Morgan fingerprint density at radius 2 is 1.10 bits per heavy atom. The van der Waals surface area contributed by atoms with Gasteiger partial charge in [0, 0.05) is 61.2 Å². The van der Waals surface area contributed by atoms with Crippen LogP contribution in [0.2, 0.25) is 0 Å². The summed E-state index contributed by atoms with van der Waals surface area (Å²) in [6.07, 6.45) is 1.87. The highest BCUT2D eigenvalue weighted by Crippen LogP contribution is 2.38. The number of aromatic amines is 3. The van der Waals surface area contributed by atoms with E-state index in [0.717, 1.165) is 76.9 Å². The number of pyridine rings is 4. The summed E-state index contributed by atoms with van der Waals surface area (Å²) >= 11 is 0. The van der Waals surface area contributed by atoms with Crippen molar-refractivity contribution < 1.29 is 10.2 Å². The van der Waals surface area contributed by atoms with Crippen molar-refractivity contribution in [3.63, 3.8) is 0 Å². The zero-order valence-corrected chi connectivity index (χ0v) is 27.4. The second-order valence-electron chi connectivity index (χ2n) is 12.4. The lowest BCUT2D eigenvalue weighted by atomic mass is 9.99. The van der Waals surface area contributed by atoms with Crippen molar-refractivity contribution in [1.29, 1.82) is 0 Å². The van der Waals surface area contributed by atoms with E-state index < -0.39 is 0 Å². The van der Waals surface area contributed by atoms with Crippen LogP contribution >= 0.6 is 0 Å². The van der Waals surface area contributed by atoms with Gasteiger partial charge in [-0.3, -0.25) is 20.0 Å². The molecule has 0 amide bonds. The third kappa shape index (κ3) is 4.82. The van der Waals surface area contributed by atoms with E-state index >= 15 is 0 Å². The average molecular weight is 669 g/mol. The van der Waals surface area contributed by atoms with Gasteiger partial charge in [0.25, 0.3) is 5.56 Å². The van der Waals surface area contributed by atoms with Gasteiger partial charge in [-0.2, -0.15) is 10.2 Å². The van der Waals surface area contributed by atoms with E-state index in [4.69, 9.17) is 4.98 Å². The lowest BCUT2D eigenvalue weighted by molar-refractivity contribution is 0.475. The predicted octanol–water partition coefficient (Wildman–Crippen LogP) is 7.97. The second kappa shape index (κ2) is 11.5. The SMILES string of the molecule is Cc1[nH]nc2nc(-c3ccc(O)cc3)c3c(=O)[nH]c4ccccc4c3c12.Cc1[nH]nc2nc(-c3ccc(O)cc3)c3cnc4ccccc4c3c12. The topological polar surface area (TPSA) is 169 Å². The number of aryl methyl sites for hydroxylation is 2. The van der Waals surface area contributed by atoms with Crippen molar-refractivity contribution in [3.05, 3.63) is 125 Å². The molecular weight excluding hydrogens is 640 g/mol. The standard InChI is InChI=1S/C20H14N4O2.C20H14N4O/c1-10-15-16-13-4-2-3-5-14(13)21-20(26)17(16)18(22-19(15)24-23-10)11-6-8-12(25)9-7-11;1-11-17-18-14-4-2-3-5-16(14)21-10-15(18)19(22-20(17)24-23-11)12-6-8-13(25)9-7-12/h2-9,25H,1H3,(H,21,26)(H,22,23,24);2-10,25H,1H3,(H,22,23,24). The van der Waals surface area contributed by atoms with Crippen LogP contribution in [0.15, 0.2) is 108 Å². The van der Waals surface area contributed by atoms with E-state index in [-0.39, 0.29) is 17.1 Å². The molecule has 0 unspecified atom stereocenters. The largest absolute Gasteiger partial charge is 0.508 e. The van der Waals surface area contributed by atoms with Crippen molar-refractivity contribution >= 4 is 65.4 Å². The van der Waals surface area contributed by atoms with Crippen molar-refractivity contribution in [3.8, 4) is 34.0 Å². The normalized spacial score (nSPS) is 11.6. The molecule has 4 aromatic carbocycles. The van der Waals surface area contributed by atoms with E-state index in [1.165, 1.54) is 0 Å². The highest BCUT2D eigenvalue weighted by Gasteiger charge is 2.20. The summed E-state index contributed by atoms with van der Waals surface area (Å²) < 4.78 is 0. The van der Waals surface area contributed by atoms with Crippen LogP contribution in [-0.2, 0) is 0 Å². The number of hydrogen-bond acceptors (Lipinski definition) is 8. The van der Waals surface area contributed by atoms with Gasteiger partial charge in [-0.25, -0.2) is 9.97 Å². The first kappa shape index (κ1) is 30.0. The molecule has 0 atom stereocenters. The van der Waals surface area contributed by atoms with E-state index in [0.29, 0.717) is 22.4 Å². The summed E-state index contributed by atoms with van der Waals surface area (Å²) in [7, 11) is 0. The molecule has 10 aromatic rings. The van der Waals surface area contributed by atoms with Crippen LogP contribution in [0, 0.1) is 13.8 Å². The molecule has 0 radical (unpaired) electrons. The van der Waals surface area contributed by atoms with Crippen LogP contribution in [0.25, 0.3) is 87.9 Å². The van der Waals surface area contributed by atoms with E-state index in [2.05, 4.69) is 41.4 Å². The second-order valence-corrected chi connectivity index (χ2v) is 12.4. The predicted molar refractivity (Wildman–Crippen MR) is 200 cm³/mol. The summed E-state index contributed by atoms with van der Waals surface area (Å²) in [6.45, 7) is 3.93. The minimum absolute atomic E-state index is 0.161. The van der Waals surface area contributed by atoms with Gasteiger partial charge >= 0.3 is 0 Å². The number of nitrogens with zero attached hydrogens (tertiary/aromatic N) is 5. The summed E-state index contributed by atoms with van der Waals surface area (Å²) in [6, 6.07) is 29.5. The maximum atomic E-state index is 13.0. The monoisotopic (exact) mass is 668 g/mol. The number of nitrogens with one attached hydrogen (secondary N) is 3. The third-order valence-corrected chi connectivity index (χ3v) is 9.26. The first-order valence-corrected chi connectivity index (χ1v) is 16.3. The Morgan fingerprint density at radius 1 is 0.549 bits per heavy atom. The zero-order chi connectivity index (χ0) is 34.8. The molecule has 0 bridgehead atoms. The van der Waals surface area contributed by atoms with Gasteiger partial charge in [0.05, 0.1) is 33.1 Å². The Bertz CT molecular complexity index is 3040. The molecule has 0 saturated carbocycles. The van der Waals surface area contributed by atoms with E-state index in [1.807, 2.05) is 74.6 Å². The van der Waals surface area contributed by atoms with Gasteiger partial charge < -0.3 is 15.2 Å². The molecule has 246 valence electrons. The Labute approximate surface area is 288 Å². The summed E-state index contributed by atoms with van der Waals surface area (Å²) in [5, 5.41) is 41.2. The van der Waals surface area contributed by atoms with Crippen molar-refractivity contribution in [1.82, 2.24) is 40.3 Å². The molecule has 0 aliphatic heterocycles. The number of para-hydroxylation sites is 2. The van der Waals surface area contributed by atoms with Crippen molar-refractivity contribution in [2.75, 3.05) is 0 Å². The van der Waals surface area contributed by atoms with E-state index in [9.17, 15) is 15.0 Å². The van der Waals surface area contributed by atoms with Crippen LogP contribution in [0.1, 0.15) is 11.4 Å². The van der Waals surface area contributed by atoms with Gasteiger partial charge in [0.1, 0.15) is 11.5 Å². The van der Waals surface area contributed by atoms with E-state index in [1.54, 1.807) is 36.4 Å². The van der Waals surface area contributed by atoms with Crippen molar-refractivity contribution in [2.45, 2.75) is 13.8 Å². The van der Waals surface area contributed by atoms with Crippen molar-refractivity contribution in [2.24, 2.45) is 0 Å². The molecule has 6 aromatic heterocycles. The Balaban J connectivity index is 0.000000137. The highest BCUT2D eigenvalue weighted by molar-refractivity contribution is 6.22. The Morgan fingerprint density at radius 3 is 1.76 bits per heavy atom. The summed E-state index contributed by atoms with van der Waals surface area (Å²) in [4.78, 5) is 29.9. The molecule has 10 rings (SSSR count). The molecule has 0 fully saturated rings. The van der Waals surface area contributed by atoms with Crippen LogP contribution < -0.4 is 5.56 Å². The molecule has 11 heteroatoms. The number of hydrogen-bond donors (Lipinski definition) is 5. The Hall–Kier alpha value is -7.14. The third-order valence-electron chi connectivity index (χ3n) is 9.26. The van der Waals surface area contributed by atoms with Crippen LogP contribution in [-0.4, -0.2) is 50.5 Å². The number of benzene rings is 4. The fourth-order valence-corrected chi connectivity index (χ4v) is 6.91. The molecule has 0 aliphatic carbocycles. The summed E-state index contributed by atoms with van der Waals surface area (Å²) in [5.41, 5.74) is 7.65. The first-order valence-electron chi connectivity index (χ1n) is 16.3. The molecule has 11 nitrogen and oxygen atoms in total. The number of H-pyrrole nitrogens is 3. The quantitative estimate of drug-likeness (QED) is 0.116. The van der Waals surface area contributed by atoms with Gasteiger partial charge in [0.15, 0.2) is 11.3 Å². The molecule has 51 heavy (non-hydrogen) atoms. The van der Waals surface area contributed by atoms with Crippen LogP contribution in [0.4, 0.5) is 0 Å². The number of aromatic hydroxyl groups is 2. The average Bonchev–Trinajstić information content (AvgIpc) is 3.72. The van der Waals surface area contributed by atoms with Gasteiger partial charge in [-0.05, 0) is 74.5 Å². The smallest absolute Gasteiger partial charge is 0.258 e. The highest BCUT2D eigenvalue weighted by atomic mass is 16.3. The number of aromatic nitrogens is 8. The number of phenolic OH excluding ortho intramolecular Hbond substituents is 2. The van der Waals surface area contributed by atoms with Gasteiger partial charge in [-0.1, -0.05) is 36.4 Å². The number of rotatable bonds is 2. The molecule has 5 N–H and O–H groups in total. The summed E-state index contributed by atoms with van der Waals surface area (Å²) in [5.74, 6) is 0.391. The molecule has 0 saturated heterocycles. The molecule has 0 spiro atoms. The fourth-order valence-electron chi connectivity index (χ4n) is 6.91.